The Hall–Kier alpha value is -2.86. The van der Waals surface area contributed by atoms with Crippen LogP contribution >= 0.6 is 0 Å². The van der Waals surface area contributed by atoms with E-state index in [9.17, 15) is 4.79 Å². The van der Waals surface area contributed by atoms with Gasteiger partial charge in [-0.2, -0.15) is 0 Å². The molecule has 0 saturated carbocycles. The molecule has 1 aromatic heterocycles. The van der Waals surface area contributed by atoms with Crippen LogP contribution in [0.25, 0.3) is 6.08 Å². The third-order valence-electron chi connectivity index (χ3n) is 3.49. The fraction of sp³-hybridized carbons (Fsp3) is 0.333. The van der Waals surface area contributed by atoms with Crippen LogP contribution in [0, 0.1) is 0 Å². The number of phenolic OH excluding ortho intramolecular Hbond substituents is 1. The van der Waals surface area contributed by atoms with E-state index in [1.54, 1.807) is 6.20 Å². The lowest BCUT2D eigenvalue weighted by Crippen LogP contribution is -2.16. The summed E-state index contributed by atoms with van der Waals surface area (Å²) in [7, 11) is 0. The fourth-order valence-corrected chi connectivity index (χ4v) is 2.01. The molecular formula is C21H28N2O4. The number of phenols is 1. The molecule has 6 nitrogen and oxygen atoms in total. The van der Waals surface area contributed by atoms with E-state index in [0.29, 0.717) is 0 Å². The molecule has 0 radical (unpaired) electrons. The summed E-state index contributed by atoms with van der Waals surface area (Å²) >= 11 is 0. The molecule has 0 amide bonds. The van der Waals surface area contributed by atoms with Crippen molar-refractivity contribution in [2.75, 3.05) is 0 Å². The smallest absolute Gasteiger partial charge is 0.335 e. The first-order valence-corrected chi connectivity index (χ1v) is 8.88. The molecule has 0 bridgehead atoms. The Kier molecular flexibility index (Phi) is 9.61. The first-order valence-electron chi connectivity index (χ1n) is 8.88. The highest BCUT2D eigenvalue weighted by molar-refractivity contribution is 5.87. The lowest BCUT2D eigenvalue weighted by atomic mass is 10.1. The predicted octanol–water partition coefficient (Wildman–Crippen LogP) is 4.10. The molecular weight excluding hydrogens is 344 g/mol. The number of carbonyl (C=O) groups is 1. The van der Waals surface area contributed by atoms with Gasteiger partial charge >= 0.3 is 5.97 Å². The van der Waals surface area contributed by atoms with Gasteiger partial charge in [0.15, 0.2) is 0 Å². The van der Waals surface area contributed by atoms with E-state index in [2.05, 4.69) is 18.0 Å². The molecule has 2 rings (SSSR count). The molecule has 0 aliphatic heterocycles. The highest BCUT2D eigenvalue weighted by atomic mass is 16.5. The van der Waals surface area contributed by atoms with Crippen LogP contribution in [0.2, 0.25) is 0 Å². The molecule has 1 heterocycles. The van der Waals surface area contributed by atoms with Crippen molar-refractivity contribution in [3.63, 3.8) is 0 Å². The number of benzene rings is 1. The summed E-state index contributed by atoms with van der Waals surface area (Å²) in [5.41, 5.74) is 7.07. The van der Waals surface area contributed by atoms with E-state index in [1.165, 1.54) is 24.3 Å². The predicted molar refractivity (Wildman–Crippen MR) is 107 cm³/mol. The van der Waals surface area contributed by atoms with Crippen LogP contribution in [0.15, 0.2) is 48.8 Å². The zero-order valence-electron chi connectivity index (χ0n) is 16.0. The number of hydrogen-bond acceptors (Lipinski definition) is 5. The van der Waals surface area contributed by atoms with Gasteiger partial charge < -0.3 is 20.7 Å². The van der Waals surface area contributed by atoms with Crippen molar-refractivity contribution in [3.05, 3.63) is 59.9 Å². The minimum absolute atomic E-state index is 0.0741. The molecule has 0 aliphatic carbocycles. The molecule has 1 aromatic carbocycles. The highest BCUT2D eigenvalue weighted by Crippen LogP contribution is 2.14. The second kappa shape index (κ2) is 11.7. The van der Waals surface area contributed by atoms with Crippen LogP contribution < -0.4 is 10.5 Å². The van der Waals surface area contributed by atoms with Crippen molar-refractivity contribution in [1.29, 1.82) is 0 Å². The Balaban J connectivity index is 0.000000309. The van der Waals surface area contributed by atoms with Crippen LogP contribution in [0.3, 0.4) is 0 Å². The summed E-state index contributed by atoms with van der Waals surface area (Å²) in [6.07, 6.45) is 9.74. The lowest BCUT2D eigenvalue weighted by Gasteiger charge is -2.09. The second-order valence-electron chi connectivity index (χ2n) is 6.28. The highest BCUT2D eigenvalue weighted by Gasteiger charge is 2.00. The van der Waals surface area contributed by atoms with E-state index >= 15 is 0 Å². The van der Waals surface area contributed by atoms with Gasteiger partial charge in [-0.3, -0.25) is 4.98 Å². The van der Waals surface area contributed by atoms with Crippen LogP contribution in [0.4, 0.5) is 0 Å². The van der Waals surface area contributed by atoms with Gasteiger partial charge in [-0.1, -0.05) is 19.1 Å². The minimum atomic E-state index is -0.986. The number of aromatic carboxylic acids is 1. The van der Waals surface area contributed by atoms with Crippen LogP contribution in [-0.4, -0.2) is 33.3 Å². The summed E-state index contributed by atoms with van der Waals surface area (Å²) in [6.45, 7) is 6.10. The van der Waals surface area contributed by atoms with Gasteiger partial charge in [0.1, 0.15) is 11.5 Å². The van der Waals surface area contributed by atoms with Gasteiger partial charge in [-0.25, -0.2) is 4.79 Å². The zero-order chi connectivity index (χ0) is 20.2. The van der Waals surface area contributed by atoms with Crippen molar-refractivity contribution in [1.82, 2.24) is 4.98 Å². The number of nitrogens with zero attached hydrogens (tertiary/aromatic N) is 1. The number of rotatable bonds is 7. The van der Waals surface area contributed by atoms with Crippen molar-refractivity contribution >= 4 is 12.0 Å². The van der Waals surface area contributed by atoms with Crippen molar-refractivity contribution in [2.24, 2.45) is 5.73 Å². The largest absolute Gasteiger partial charge is 0.508 e. The maximum Gasteiger partial charge on any atom is 0.335 e. The summed E-state index contributed by atoms with van der Waals surface area (Å²) in [5, 5.41) is 17.1. The Morgan fingerprint density at radius 3 is 2.48 bits per heavy atom. The Bertz CT molecular complexity index is 727. The summed E-state index contributed by atoms with van der Waals surface area (Å²) < 4.78 is 5.58. The molecule has 6 heteroatoms. The first-order chi connectivity index (χ1) is 12.8. The van der Waals surface area contributed by atoms with Gasteiger partial charge in [0.25, 0.3) is 0 Å². The van der Waals surface area contributed by atoms with E-state index in [0.717, 1.165) is 24.2 Å². The normalized spacial score (nSPS) is 11.7. The standard InChI is InChI=1S/C14H22N2O.C7H6O3/c1-4-13(15)7-5-6-12-8-14(10-16-9-12)17-11(2)3;8-6-3-1-5(2-4-6)7(9)10/h5-6,8-11,13H,4,7,15H2,1-3H3;1-4,8H,(H,9,10). The van der Waals surface area contributed by atoms with Crippen molar-refractivity contribution in [3.8, 4) is 11.5 Å². The molecule has 1 atom stereocenters. The minimum Gasteiger partial charge on any atom is -0.508 e. The molecule has 2 aromatic rings. The molecule has 27 heavy (non-hydrogen) atoms. The molecule has 0 aliphatic rings. The van der Waals surface area contributed by atoms with Gasteiger partial charge in [0.05, 0.1) is 17.9 Å². The van der Waals surface area contributed by atoms with Gasteiger partial charge in [-0.15, -0.1) is 0 Å². The maximum absolute atomic E-state index is 10.2. The third kappa shape index (κ3) is 9.42. The third-order valence-corrected chi connectivity index (χ3v) is 3.49. The molecule has 0 saturated heterocycles. The second-order valence-corrected chi connectivity index (χ2v) is 6.28. The number of ether oxygens (including phenoxy) is 1. The SMILES string of the molecule is CCC(N)CC=Cc1cncc(OC(C)C)c1.O=C(O)c1ccc(O)cc1. The van der Waals surface area contributed by atoms with Gasteiger partial charge in [0, 0.05) is 12.2 Å². The number of carboxylic acid groups (broad SMARTS) is 1. The van der Waals surface area contributed by atoms with Crippen molar-refractivity contribution < 1.29 is 19.7 Å². The fourth-order valence-electron chi connectivity index (χ4n) is 2.01. The molecule has 0 fully saturated rings. The quantitative estimate of drug-likeness (QED) is 0.676. The van der Waals surface area contributed by atoms with Crippen LogP contribution in [-0.2, 0) is 0 Å². The average Bonchev–Trinajstić information content (AvgIpc) is 2.62. The van der Waals surface area contributed by atoms with Gasteiger partial charge in [0.2, 0.25) is 0 Å². The van der Waals surface area contributed by atoms with E-state index < -0.39 is 5.97 Å². The van der Waals surface area contributed by atoms with Crippen LogP contribution in [0.1, 0.15) is 49.5 Å². The average molecular weight is 372 g/mol. The number of carboxylic acids is 1. The lowest BCUT2D eigenvalue weighted by molar-refractivity contribution is 0.0697. The summed E-state index contributed by atoms with van der Waals surface area (Å²) in [5.74, 6) is -0.105. The van der Waals surface area contributed by atoms with E-state index in [1.807, 2.05) is 32.2 Å². The number of aromatic hydroxyl groups is 1. The number of aromatic nitrogens is 1. The Labute approximate surface area is 160 Å². The summed E-state index contributed by atoms with van der Waals surface area (Å²) in [4.78, 5) is 14.4. The molecule has 4 N–H and O–H groups in total. The summed E-state index contributed by atoms with van der Waals surface area (Å²) in [6, 6.07) is 7.60. The van der Waals surface area contributed by atoms with Crippen LogP contribution in [0.5, 0.6) is 11.5 Å². The zero-order valence-corrected chi connectivity index (χ0v) is 16.0. The Morgan fingerprint density at radius 1 is 1.26 bits per heavy atom. The Morgan fingerprint density at radius 2 is 1.93 bits per heavy atom. The maximum atomic E-state index is 10.2. The molecule has 0 spiro atoms. The number of nitrogens with two attached hydrogens (primary N) is 1. The van der Waals surface area contributed by atoms with Crippen molar-refractivity contribution in [2.45, 2.75) is 45.8 Å². The molecule has 146 valence electrons. The first kappa shape index (κ1) is 22.2. The van der Waals surface area contributed by atoms with Gasteiger partial charge in [-0.05, 0) is 62.6 Å². The van der Waals surface area contributed by atoms with E-state index in [4.69, 9.17) is 20.7 Å². The monoisotopic (exact) mass is 372 g/mol. The number of pyridine rings is 1. The van der Waals surface area contributed by atoms with E-state index in [-0.39, 0.29) is 23.5 Å². The topological polar surface area (TPSA) is 106 Å². The molecule has 1 unspecified atom stereocenters. The number of hydrogen-bond donors (Lipinski definition) is 3.